The Morgan fingerprint density at radius 3 is 1.39 bits per heavy atom. The summed E-state index contributed by atoms with van der Waals surface area (Å²) >= 11 is 0. The van der Waals surface area contributed by atoms with Gasteiger partial charge in [0.25, 0.3) is 0 Å². The Kier molecular flexibility index (Phi) is 35.7. The van der Waals surface area contributed by atoms with E-state index in [0.29, 0.717) is 36.8 Å². The van der Waals surface area contributed by atoms with Gasteiger partial charge in [-0.15, -0.1) is 0 Å². The van der Waals surface area contributed by atoms with E-state index in [9.17, 15) is 22.6 Å². The molecule has 0 aromatic heterocycles. The molecule has 0 aromatic rings. The average Bonchev–Trinajstić information content (AvgIpc) is 3.12. The number of rotatable bonds is 40. The Morgan fingerprint density at radius 2 is 0.963 bits per heavy atom. The normalized spacial score (nSPS) is 12.9. The predicted octanol–water partition coefficient (Wildman–Crippen LogP) is 11.5. The Morgan fingerprint density at radius 1 is 0.574 bits per heavy atom. The van der Waals surface area contributed by atoms with E-state index in [2.05, 4.69) is 42.3 Å². The van der Waals surface area contributed by atoms with Crippen LogP contribution in [0.1, 0.15) is 200 Å². The van der Waals surface area contributed by atoms with Crippen LogP contribution in [0.25, 0.3) is 0 Å². The zero-order chi connectivity index (χ0) is 40.0. The summed E-state index contributed by atoms with van der Waals surface area (Å²) in [6, 6.07) is 0. The zero-order valence-electron chi connectivity index (χ0n) is 35.3. The van der Waals surface area contributed by atoms with Crippen LogP contribution in [0.4, 0.5) is 0 Å². The molecular weight excluding hydrogens is 703 g/mol. The molecule has 0 aromatic carbocycles. The third kappa shape index (κ3) is 39.9. The van der Waals surface area contributed by atoms with Gasteiger partial charge in [0, 0.05) is 19.3 Å². The van der Waals surface area contributed by atoms with Crippen LogP contribution >= 0.6 is 0 Å². The molecule has 1 atom stereocenters. The van der Waals surface area contributed by atoms with Crippen molar-refractivity contribution in [3.05, 3.63) is 24.3 Å². The van der Waals surface area contributed by atoms with Crippen molar-refractivity contribution in [2.24, 2.45) is 0 Å². The number of nitrogens with zero attached hydrogens (tertiary/aromatic N) is 1. The van der Waals surface area contributed by atoms with Gasteiger partial charge in [-0.1, -0.05) is 141 Å². The molecule has 0 saturated heterocycles. The van der Waals surface area contributed by atoms with Gasteiger partial charge in [0.15, 0.2) is 6.10 Å². The average molecular weight is 786 g/mol. The Bertz CT molecular complexity index is 1040. The van der Waals surface area contributed by atoms with Crippen LogP contribution in [0.15, 0.2) is 24.3 Å². The molecule has 0 fully saturated rings. The first-order valence-electron chi connectivity index (χ1n) is 22.1. The molecule has 0 spiro atoms. The van der Waals surface area contributed by atoms with Crippen molar-refractivity contribution in [2.75, 3.05) is 40.4 Å². The predicted molar refractivity (Wildman–Crippen MR) is 222 cm³/mol. The molecule has 0 saturated carbocycles. The van der Waals surface area contributed by atoms with Gasteiger partial charge < -0.3 is 18.5 Å². The number of quaternary nitrogens is 1. The molecule has 0 aliphatic rings. The topological polar surface area (TPSA) is 119 Å². The Labute approximate surface area is 333 Å². The van der Waals surface area contributed by atoms with Crippen molar-refractivity contribution in [2.45, 2.75) is 206 Å². The first kappa shape index (κ1) is 52.2. The molecule has 9 nitrogen and oxygen atoms in total. The van der Waals surface area contributed by atoms with Gasteiger partial charge in [0.05, 0.1) is 27.2 Å². The summed E-state index contributed by atoms with van der Waals surface area (Å²) < 4.78 is 48.5. The fourth-order valence-electron chi connectivity index (χ4n) is 6.60. The number of hydrogen-bond acceptors (Lipinski definition) is 8. The van der Waals surface area contributed by atoms with Gasteiger partial charge in [-0.2, -0.15) is 0 Å². The lowest BCUT2D eigenvalue weighted by atomic mass is 10.1. The molecule has 0 heterocycles. The van der Waals surface area contributed by atoms with E-state index < -0.39 is 16.5 Å². The van der Waals surface area contributed by atoms with Gasteiger partial charge in [-0.05, 0) is 64.2 Å². The summed E-state index contributed by atoms with van der Waals surface area (Å²) in [5, 5.41) is 0. The first-order valence-corrected chi connectivity index (χ1v) is 23.4. The van der Waals surface area contributed by atoms with Crippen molar-refractivity contribution in [1.82, 2.24) is 0 Å². The monoisotopic (exact) mass is 786 g/mol. The van der Waals surface area contributed by atoms with Gasteiger partial charge in [0.1, 0.15) is 13.2 Å². The van der Waals surface area contributed by atoms with Crippen LogP contribution in [0.3, 0.4) is 0 Å². The summed E-state index contributed by atoms with van der Waals surface area (Å²) in [6.07, 6.45) is 40.6. The molecule has 0 aliphatic heterocycles. The van der Waals surface area contributed by atoms with Crippen molar-refractivity contribution in [3.8, 4) is 0 Å². The summed E-state index contributed by atoms with van der Waals surface area (Å²) in [7, 11) is -0.897. The SMILES string of the molecule is CCCCCCCC/C=C\CCCCCCCC(=O)OCC(C[N+](C)(C)CCCOS(=O)(=O)[O-])OC(=O)CCCCCCC/C=C\CCCCCCCC. The van der Waals surface area contributed by atoms with E-state index in [1.807, 2.05) is 14.1 Å². The smallest absolute Gasteiger partial charge is 0.306 e. The van der Waals surface area contributed by atoms with Crippen molar-refractivity contribution in [3.63, 3.8) is 0 Å². The molecule has 0 rings (SSSR count). The van der Waals surface area contributed by atoms with Gasteiger partial charge >= 0.3 is 11.9 Å². The van der Waals surface area contributed by atoms with Gasteiger partial charge in [0.2, 0.25) is 10.4 Å². The van der Waals surface area contributed by atoms with E-state index >= 15 is 0 Å². The summed E-state index contributed by atoms with van der Waals surface area (Å²) in [4.78, 5) is 25.4. The minimum absolute atomic E-state index is 0.0187. The highest BCUT2D eigenvalue weighted by molar-refractivity contribution is 7.80. The number of unbranched alkanes of at least 4 members (excludes halogenated alkanes) is 22. The number of allylic oxidation sites excluding steroid dienone is 4. The molecular formula is C44H83NO8S. The minimum atomic E-state index is -4.74. The van der Waals surface area contributed by atoms with Crippen molar-refractivity contribution < 1.29 is 40.7 Å². The minimum Gasteiger partial charge on any atom is -0.726 e. The second kappa shape index (κ2) is 36.9. The molecule has 0 N–H and O–H groups in total. The lowest BCUT2D eigenvalue weighted by Crippen LogP contribution is -2.49. The van der Waals surface area contributed by atoms with E-state index in [4.69, 9.17) is 9.47 Å². The van der Waals surface area contributed by atoms with E-state index in [0.717, 1.165) is 64.2 Å². The molecule has 0 aliphatic carbocycles. The maximum atomic E-state index is 12.8. The largest absolute Gasteiger partial charge is 0.726 e. The number of carbonyl (C=O) groups is 2. The summed E-state index contributed by atoms with van der Waals surface area (Å²) in [5.41, 5.74) is 0. The van der Waals surface area contributed by atoms with Crippen LogP contribution in [-0.2, 0) is 33.6 Å². The number of likely N-dealkylation sites (N-methyl/N-ethyl adjacent to an activating group) is 1. The lowest BCUT2D eigenvalue weighted by molar-refractivity contribution is -0.893. The summed E-state index contributed by atoms with van der Waals surface area (Å²) in [6.45, 7) is 5.14. The fourth-order valence-corrected chi connectivity index (χ4v) is 6.93. The van der Waals surface area contributed by atoms with Crippen molar-refractivity contribution in [1.29, 1.82) is 0 Å². The van der Waals surface area contributed by atoms with Crippen LogP contribution in [-0.4, -0.2) is 75.9 Å². The lowest BCUT2D eigenvalue weighted by Gasteiger charge is -2.33. The second-order valence-corrected chi connectivity index (χ2v) is 16.9. The molecule has 0 radical (unpaired) electrons. The van der Waals surface area contributed by atoms with Crippen molar-refractivity contribution >= 4 is 22.3 Å². The van der Waals surface area contributed by atoms with E-state index in [1.165, 1.54) is 103 Å². The van der Waals surface area contributed by atoms with Crippen LogP contribution in [0.5, 0.6) is 0 Å². The number of carbonyl (C=O) groups excluding carboxylic acids is 2. The third-order valence-corrected chi connectivity index (χ3v) is 10.3. The zero-order valence-corrected chi connectivity index (χ0v) is 36.2. The highest BCUT2D eigenvalue weighted by atomic mass is 32.3. The Hall–Kier alpha value is -1.75. The second-order valence-electron chi connectivity index (χ2n) is 15.9. The standard InChI is InChI=1S/C44H83NO8S/c1-5-7-9-11-13-15-17-19-21-23-25-27-29-31-33-36-43(46)51-41-42(40-45(3,4)38-35-39-52-54(48,49)50)53-44(47)37-34-32-30-28-26-24-22-20-18-16-14-12-10-8-6-2/h19-22,42H,5-18,23-41H2,1-4H3/b21-19-,22-20-. The third-order valence-electron chi connectivity index (χ3n) is 9.85. The highest BCUT2D eigenvalue weighted by Gasteiger charge is 2.26. The highest BCUT2D eigenvalue weighted by Crippen LogP contribution is 2.14. The van der Waals surface area contributed by atoms with E-state index in [-0.39, 0.29) is 25.2 Å². The molecule has 1 unspecified atom stereocenters. The fraction of sp³-hybridized carbons (Fsp3) is 0.864. The maximum absolute atomic E-state index is 12.8. The summed E-state index contributed by atoms with van der Waals surface area (Å²) in [5.74, 6) is -0.586. The van der Waals surface area contributed by atoms with Crippen LogP contribution in [0.2, 0.25) is 0 Å². The molecule has 54 heavy (non-hydrogen) atoms. The van der Waals surface area contributed by atoms with Crippen LogP contribution < -0.4 is 0 Å². The van der Waals surface area contributed by atoms with Gasteiger partial charge in [-0.25, -0.2) is 8.42 Å². The number of ether oxygens (including phenoxy) is 2. The van der Waals surface area contributed by atoms with Gasteiger partial charge in [-0.3, -0.25) is 13.8 Å². The van der Waals surface area contributed by atoms with Crippen LogP contribution in [0, 0.1) is 0 Å². The maximum Gasteiger partial charge on any atom is 0.306 e. The quantitative estimate of drug-likeness (QED) is 0.0150. The molecule has 318 valence electrons. The van der Waals surface area contributed by atoms with E-state index in [1.54, 1.807) is 0 Å². The number of hydrogen-bond donors (Lipinski definition) is 0. The Balaban J connectivity index is 4.41. The first-order chi connectivity index (χ1) is 26.0. The number of esters is 2. The molecule has 0 amide bonds. The molecule has 10 heteroatoms. The molecule has 0 bridgehead atoms.